The molecule has 0 fully saturated rings. The van der Waals surface area contributed by atoms with Gasteiger partial charge < -0.3 is 59.2 Å². The maximum absolute atomic E-state index is 10.2. The van der Waals surface area contributed by atoms with Gasteiger partial charge in [-0.25, -0.2) is 0 Å². The Morgan fingerprint density at radius 2 is 0.714 bits per heavy atom. The predicted molar refractivity (Wildman–Crippen MR) is 77.0 cm³/mol. The quantitative estimate of drug-likeness (QED) is 0.273. The topological polar surface area (TPSA) is 34.1 Å². The van der Waals surface area contributed by atoms with E-state index in [1.807, 2.05) is 27.7 Å². The summed E-state index contributed by atoms with van der Waals surface area (Å²) in [6, 6.07) is 0. The Hall–Kier alpha value is 2.89. The summed E-state index contributed by atoms with van der Waals surface area (Å²) in [6.45, 7) is 11.0. The van der Waals surface area contributed by atoms with Gasteiger partial charge in [-0.15, -0.1) is 0 Å². The molecule has 0 aliphatic rings. The first-order chi connectivity index (χ1) is 6.25. The molecule has 0 aromatic heterocycles. The van der Waals surface area contributed by atoms with Gasteiger partial charge in [0.05, 0.1) is 0 Å². The fourth-order valence-corrected chi connectivity index (χ4v) is 0.996. The summed E-state index contributed by atoms with van der Waals surface area (Å²) in [5, 5.41) is 0. The summed E-state index contributed by atoms with van der Waals surface area (Å²) >= 11 is 0. The summed E-state index contributed by atoms with van der Waals surface area (Å²) in [5.74, 6) is 2.88. The van der Waals surface area contributed by atoms with Crippen LogP contribution in [0.4, 0.5) is 0 Å². The van der Waals surface area contributed by atoms with Gasteiger partial charge in [0.25, 0.3) is 0 Å². The zero-order valence-corrected chi connectivity index (χ0v) is 24.2. The number of Topliss-reactive ketones (excluding diaryl/α,β-unsaturated/α-hetero) is 2. The average Bonchev–Trinajstić information content (AvgIpc) is 1.79. The molecule has 124 valence electrons. The van der Waals surface area contributed by atoms with Crippen LogP contribution in [0.15, 0.2) is 0 Å². The SMILES string of the molecule is C[C](C)CC(C)=O.C[C](C)CC(C)=O.[Cl-].[Cl-].[Cl-].[Cl-].[Sn+2].[Sn+2].[Te]. The summed E-state index contributed by atoms with van der Waals surface area (Å²) < 4.78 is 0. The van der Waals surface area contributed by atoms with Crippen LogP contribution >= 0.6 is 0 Å². The maximum atomic E-state index is 10.2. The molecular weight excluding hydrogens is 683 g/mol. The second-order valence-corrected chi connectivity index (χ2v) is 4.17. The smallest absolute Gasteiger partial charge is 1.00 e. The van der Waals surface area contributed by atoms with Crippen molar-refractivity contribution in [3.8, 4) is 0 Å². The second-order valence-electron chi connectivity index (χ2n) is 4.17. The molecule has 21 heavy (non-hydrogen) atoms. The van der Waals surface area contributed by atoms with E-state index >= 15 is 0 Å². The van der Waals surface area contributed by atoms with E-state index in [4.69, 9.17) is 0 Å². The van der Waals surface area contributed by atoms with Gasteiger partial charge in [0.2, 0.25) is 0 Å². The summed E-state index contributed by atoms with van der Waals surface area (Å²) in [6.07, 6.45) is 1.28. The van der Waals surface area contributed by atoms with Gasteiger partial charge >= 0.3 is 47.8 Å². The monoisotopic (exact) mass is 708 g/mol. The molecule has 0 atom stereocenters. The van der Waals surface area contributed by atoms with Crippen molar-refractivity contribution in [2.24, 2.45) is 0 Å². The molecule has 0 aromatic carbocycles. The molecule has 9 heteroatoms. The fraction of sp³-hybridized carbons (Fsp3) is 0.667. The number of hydrogen-bond donors (Lipinski definition) is 0. The van der Waals surface area contributed by atoms with Crippen LogP contribution in [-0.4, -0.2) is 83.0 Å². The second kappa shape index (κ2) is 38.4. The van der Waals surface area contributed by atoms with Crippen LogP contribution < -0.4 is 49.6 Å². The van der Waals surface area contributed by atoms with E-state index in [2.05, 4.69) is 0 Å². The molecule has 8 radical (unpaired) electrons. The molecule has 0 N–H and O–H groups in total. The Kier molecular flexibility index (Phi) is 103. The van der Waals surface area contributed by atoms with Gasteiger partial charge in [0.1, 0.15) is 11.6 Å². The number of carbonyl (C=O) groups excluding carboxylic acids is 2. The number of rotatable bonds is 4. The third kappa shape index (κ3) is 84.2. The van der Waals surface area contributed by atoms with Gasteiger partial charge in [0, 0.05) is 36.5 Å². The van der Waals surface area contributed by atoms with Crippen molar-refractivity contribution in [2.45, 2.75) is 54.4 Å². The molecule has 0 heterocycles. The third-order valence-electron chi connectivity index (χ3n) is 1.20. The Morgan fingerprint density at radius 3 is 0.714 bits per heavy atom. The summed E-state index contributed by atoms with van der Waals surface area (Å²) in [7, 11) is 0. The zero-order valence-electron chi connectivity index (χ0n) is 13.2. The standard InChI is InChI=1S/2C6H11O.4ClH.2Sn.Te/c2*1-5(2)4-6(3)7;;;;;;;/h2*4H2,1-3H3;4*1H;;;/q;;;;;;2*+2;/p-4. The van der Waals surface area contributed by atoms with Gasteiger partial charge in [0.15, 0.2) is 0 Å². The maximum Gasteiger partial charge on any atom is 2.00 e. The van der Waals surface area contributed by atoms with Gasteiger partial charge in [-0.2, -0.15) is 0 Å². The van der Waals surface area contributed by atoms with Gasteiger partial charge in [-0.3, -0.25) is 0 Å². The largest absolute Gasteiger partial charge is 2.00 e. The van der Waals surface area contributed by atoms with Crippen LogP contribution in [-0.2, 0) is 9.59 Å². The Morgan fingerprint density at radius 1 is 0.571 bits per heavy atom. The molecule has 0 rings (SSSR count). The van der Waals surface area contributed by atoms with Crippen molar-refractivity contribution in [2.75, 3.05) is 0 Å². The molecule has 2 nitrogen and oxygen atoms in total. The first kappa shape index (κ1) is 56.5. The average molecular weight is 705 g/mol. The fourth-order valence-electron chi connectivity index (χ4n) is 0.996. The van der Waals surface area contributed by atoms with Crippen molar-refractivity contribution < 1.29 is 59.2 Å². The van der Waals surface area contributed by atoms with E-state index in [-0.39, 0.29) is 133 Å². The van der Waals surface area contributed by atoms with Crippen molar-refractivity contribution in [1.29, 1.82) is 0 Å². The molecule has 0 saturated carbocycles. The van der Waals surface area contributed by atoms with E-state index in [0.29, 0.717) is 12.8 Å². The van der Waals surface area contributed by atoms with Gasteiger partial charge in [-0.1, -0.05) is 27.7 Å². The normalized spacial score (nSPS) is 6.48. The Bertz CT molecular complexity index is 178. The zero-order chi connectivity index (χ0) is 11.7. The van der Waals surface area contributed by atoms with Crippen molar-refractivity contribution in [1.82, 2.24) is 0 Å². The van der Waals surface area contributed by atoms with Crippen molar-refractivity contribution in [3.63, 3.8) is 0 Å². The molecule has 0 aromatic rings. The minimum atomic E-state index is 0. The van der Waals surface area contributed by atoms with E-state index in [9.17, 15) is 9.59 Å². The number of hydrogen-bond acceptors (Lipinski definition) is 2. The molecular formula is C12H22Cl4O2Sn2Te. The minimum absolute atomic E-state index is 0. The number of ketones is 2. The van der Waals surface area contributed by atoms with Crippen LogP contribution in [0.1, 0.15) is 54.4 Å². The summed E-state index contributed by atoms with van der Waals surface area (Å²) in [5.41, 5.74) is 0. The Balaban J connectivity index is -0.0000000147. The summed E-state index contributed by atoms with van der Waals surface area (Å²) in [4.78, 5) is 20.5. The molecule has 0 saturated heterocycles. The molecule has 0 amide bonds. The van der Waals surface area contributed by atoms with Crippen LogP contribution in [0, 0.1) is 11.8 Å². The molecule has 0 bridgehead atoms. The number of halogens is 4. The van der Waals surface area contributed by atoms with Crippen molar-refractivity contribution >= 4 is 83.0 Å². The van der Waals surface area contributed by atoms with Crippen LogP contribution in [0.5, 0.6) is 0 Å². The molecule has 0 aliphatic carbocycles. The predicted octanol–water partition coefficient (Wildman–Crippen LogP) is -9.97. The first-order valence-electron chi connectivity index (χ1n) is 4.82. The van der Waals surface area contributed by atoms with Gasteiger partial charge in [-0.05, 0) is 25.7 Å². The Labute approximate surface area is 206 Å². The van der Waals surface area contributed by atoms with Crippen LogP contribution in [0.3, 0.4) is 0 Å². The first-order valence-corrected chi connectivity index (χ1v) is 4.82. The minimum Gasteiger partial charge on any atom is -1.00 e. The number of carbonyl (C=O) groups is 2. The molecule has 0 aliphatic heterocycles. The van der Waals surface area contributed by atoms with E-state index in [1.165, 1.54) is 11.8 Å². The van der Waals surface area contributed by atoms with Crippen LogP contribution in [0.2, 0.25) is 0 Å². The van der Waals surface area contributed by atoms with Crippen LogP contribution in [0.25, 0.3) is 0 Å². The van der Waals surface area contributed by atoms with E-state index in [1.54, 1.807) is 13.8 Å². The third-order valence-corrected chi connectivity index (χ3v) is 1.20. The van der Waals surface area contributed by atoms with Crippen molar-refractivity contribution in [3.05, 3.63) is 11.8 Å². The van der Waals surface area contributed by atoms with E-state index in [0.717, 1.165) is 0 Å². The molecule has 0 unspecified atom stereocenters. The van der Waals surface area contributed by atoms with E-state index < -0.39 is 0 Å². The molecule has 0 spiro atoms.